The number of aromatic nitrogens is 2. The summed E-state index contributed by atoms with van der Waals surface area (Å²) in [6, 6.07) is 15.8. The number of fused-ring (bicyclic) bond motifs is 1. The summed E-state index contributed by atoms with van der Waals surface area (Å²) in [5, 5.41) is 0.706. The average molecular weight is 382 g/mol. The fraction of sp³-hybridized carbons (Fsp3) is 0.364. The van der Waals surface area contributed by atoms with Crippen molar-refractivity contribution in [3.8, 4) is 11.4 Å². The van der Waals surface area contributed by atoms with Gasteiger partial charge in [0.25, 0.3) is 0 Å². The molecule has 4 rings (SSSR count). The summed E-state index contributed by atoms with van der Waals surface area (Å²) in [4.78, 5) is 19.6. The largest absolute Gasteiger partial charge is 0.343 e. The van der Waals surface area contributed by atoms with E-state index < -0.39 is 0 Å². The Morgan fingerprint density at radius 1 is 0.963 bits per heavy atom. The van der Waals surface area contributed by atoms with Crippen molar-refractivity contribution in [2.24, 2.45) is 0 Å². The minimum absolute atomic E-state index is 0.247. The Hall–Kier alpha value is -2.33. The van der Waals surface area contributed by atoms with Gasteiger partial charge in [-0.05, 0) is 49.2 Å². The van der Waals surface area contributed by atoms with Crippen LogP contribution in [0.4, 0.5) is 0 Å². The maximum Gasteiger partial charge on any atom is 0.224 e. The van der Waals surface area contributed by atoms with Gasteiger partial charge < -0.3 is 9.47 Å². The van der Waals surface area contributed by atoms with E-state index in [1.54, 1.807) is 0 Å². The highest BCUT2D eigenvalue weighted by atomic mass is 35.5. The lowest BCUT2D eigenvalue weighted by Gasteiger charge is -2.20. The maximum absolute atomic E-state index is 12.7. The van der Waals surface area contributed by atoms with Crippen LogP contribution in [-0.4, -0.2) is 33.4 Å². The predicted molar refractivity (Wildman–Crippen MR) is 110 cm³/mol. The number of para-hydroxylation sites is 2. The SMILES string of the molecule is O=C(CCn1c(-c2ccc(Cl)cc2)nc2ccccc21)N1CCCCCC1. The van der Waals surface area contributed by atoms with Gasteiger partial charge in [-0.25, -0.2) is 4.98 Å². The van der Waals surface area contributed by atoms with Crippen LogP contribution in [0.2, 0.25) is 5.02 Å². The number of hydrogen-bond acceptors (Lipinski definition) is 2. The van der Waals surface area contributed by atoms with Gasteiger partial charge in [-0.1, -0.05) is 36.6 Å². The molecule has 0 saturated carbocycles. The van der Waals surface area contributed by atoms with Crippen LogP contribution in [0.1, 0.15) is 32.1 Å². The molecule has 5 heteroatoms. The van der Waals surface area contributed by atoms with E-state index >= 15 is 0 Å². The Kier molecular flexibility index (Phi) is 5.44. The lowest BCUT2D eigenvalue weighted by atomic mass is 10.2. The minimum atomic E-state index is 0.247. The number of benzene rings is 2. The number of halogens is 1. The third-order valence-corrected chi connectivity index (χ3v) is 5.52. The summed E-state index contributed by atoms with van der Waals surface area (Å²) in [5.74, 6) is 1.13. The summed E-state index contributed by atoms with van der Waals surface area (Å²) in [6.07, 6.45) is 5.21. The van der Waals surface area contributed by atoms with Gasteiger partial charge in [0, 0.05) is 36.6 Å². The topological polar surface area (TPSA) is 38.1 Å². The van der Waals surface area contributed by atoms with Crippen LogP contribution in [-0.2, 0) is 11.3 Å². The summed E-state index contributed by atoms with van der Waals surface area (Å²) in [7, 11) is 0. The Bertz CT molecular complexity index is 924. The number of amides is 1. The van der Waals surface area contributed by atoms with Crippen LogP contribution >= 0.6 is 11.6 Å². The zero-order chi connectivity index (χ0) is 18.6. The Morgan fingerprint density at radius 2 is 1.67 bits per heavy atom. The second-order valence-corrected chi connectivity index (χ2v) is 7.56. The van der Waals surface area contributed by atoms with E-state index in [0.29, 0.717) is 18.0 Å². The fourth-order valence-electron chi connectivity index (χ4n) is 3.81. The van der Waals surface area contributed by atoms with Gasteiger partial charge >= 0.3 is 0 Å². The van der Waals surface area contributed by atoms with Crippen LogP contribution in [0.3, 0.4) is 0 Å². The molecule has 0 unspecified atom stereocenters. The molecule has 2 aromatic carbocycles. The molecule has 0 bridgehead atoms. The molecule has 1 aliphatic rings. The second-order valence-electron chi connectivity index (χ2n) is 7.13. The number of nitrogens with zero attached hydrogens (tertiary/aromatic N) is 3. The van der Waals surface area contributed by atoms with E-state index in [1.165, 1.54) is 12.8 Å². The Labute approximate surface area is 164 Å². The molecule has 3 aromatic rings. The van der Waals surface area contributed by atoms with Gasteiger partial charge in [0.15, 0.2) is 0 Å². The summed E-state index contributed by atoms with van der Waals surface area (Å²) in [6.45, 7) is 2.43. The number of carbonyl (C=O) groups is 1. The summed E-state index contributed by atoms with van der Waals surface area (Å²) >= 11 is 6.04. The third kappa shape index (κ3) is 4.01. The van der Waals surface area contributed by atoms with E-state index in [-0.39, 0.29) is 5.91 Å². The number of hydrogen-bond donors (Lipinski definition) is 0. The number of rotatable bonds is 4. The molecule has 1 aromatic heterocycles. The van der Waals surface area contributed by atoms with Crippen LogP contribution in [0.15, 0.2) is 48.5 Å². The number of carbonyl (C=O) groups excluding carboxylic acids is 1. The Morgan fingerprint density at radius 3 is 2.41 bits per heavy atom. The molecule has 4 nitrogen and oxygen atoms in total. The van der Waals surface area contributed by atoms with Gasteiger partial charge in [-0.3, -0.25) is 4.79 Å². The number of aryl methyl sites for hydroxylation is 1. The Balaban J connectivity index is 1.61. The van der Waals surface area contributed by atoms with Crippen molar-refractivity contribution in [1.29, 1.82) is 0 Å². The van der Waals surface area contributed by atoms with Crippen molar-refractivity contribution in [3.63, 3.8) is 0 Å². The first-order valence-corrected chi connectivity index (χ1v) is 10.1. The van der Waals surface area contributed by atoms with Crippen LogP contribution in [0.5, 0.6) is 0 Å². The monoisotopic (exact) mass is 381 g/mol. The quantitative estimate of drug-likeness (QED) is 0.626. The first kappa shape index (κ1) is 18.1. The van der Waals surface area contributed by atoms with Crippen molar-refractivity contribution >= 4 is 28.5 Å². The molecule has 2 heterocycles. The molecule has 1 saturated heterocycles. The zero-order valence-electron chi connectivity index (χ0n) is 15.4. The summed E-state index contributed by atoms with van der Waals surface area (Å²) < 4.78 is 2.16. The van der Waals surface area contributed by atoms with Gasteiger partial charge in [-0.15, -0.1) is 0 Å². The van der Waals surface area contributed by atoms with Crippen LogP contribution in [0, 0.1) is 0 Å². The van der Waals surface area contributed by atoms with Crippen LogP contribution in [0.25, 0.3) is 22.4 Å². The minimum Gasteiger partial charge on any atom is -0.343 e. The highest BCUT2D eigenvalue weighted by molar-refractivity contribution is 6.30. The van der Waals surface area contributed by atoms with Gasteiger partial charge in [0.1, 0.15) is 5.82 Å². The molecule has 1 aliphatic heterocycles. The number of likely N-dealkylation sites (tertiary alicyclic amines) is 1. The van der Waals surface area contributed by atoms with Crippen molar-refractivity contribution in [1.82, 2.24) is 14.5 Å². The van der Waals surface area contributed by atoms with E-state index in [4.69, 9.17) is 16.6 Å². The maximum atomic E-state index is 12.7. The molecule has 140 valence electrons. The molecule has 0 aliphatic carbocycles. The summed E-state index contributed by atoms with van der Waals surface area (Å²) in [5.41, 5.74) is 3.02. The lowest BCUT2D eigenvalue weighted by Crippen LogP contribution is -2.32. The fourth-order valence-corrected chi connectivity index (χ4v) is 3.93. The normalized spacial score (nSPS) is 15.1. The van der Waals surface area contributed by atoms with Crippen molar-refractivity contribution in [2.45, 2.75) is 38.6 Å². The molecular weight excluding hydrogens is 358 g/mol. The molecule has 0 atom stereocenters. The average Bonchev–Trinajstić information content (AvgIpc) is 2.86. The smallest absolute Gasteiger partial charge is 0.224 e. The molecule has 0 spiro atoms. The van der Waals surface area contributed by atoms with Crippen molar-refractivity contribution in [3.05, 3.63) is 53.6 Å². The zero-order valence-corrected chi connectivity index (χ0v) is 16.2. The van der Waals surface area contributed by atoms with Gasteiger partial charge in [0.05, 0.1) is 11.0 Å². The van der Waals surface area contributed by atoms with Crippen molar-refractivity contribution in [2.75, 3.05) is 13.1 Å². The van der Waals surface area contributed by atoms with E-state index in [2.05, 4.69) is 10.6 Å². The van der Waals surface area contributed by atoms with E-state index in [0.717, 1.165) is 48.4 Å². The lowest BCUT2D eigenvalue weighted by molar-refractivity contribution is -0.131. The molecule has 1 amide bonds. The first-order chi connectivity index (χ1) is 13.2. The van der Waals surface area contributed by atoms with E-state index in [1.807, 2.05) is 47.4 Å². The van der Waals surface area contributed by atoms with Gasteiger partial charge in [-0.2, -0.15) is 0 Å². The van der Waals surface area contributed by atoms with Crippen molar-refractivity contribution < 1.29 is 4.79 Å². The molecular formula is C22H24ClN3O. The van der Waals surface area contributed by atoms with Gasteiger partial charge in [0.2, 0.25) is 5.91 Å². The van der Waals surface area contributed by atoms with E-state index in [9.17, 15) is 4.79 Å². The second kappa shape index (κ2) is 8.13. The molecule has 1 fully saturated rings. The predicted octanol–water partition coefficient (Wildman–Crippen LogP) is 5.15. The van der Waals surface area contributed by atoms with Crippen LogP contribution < -0.4 is 0 Å². The number of imidazole rings is 1. The molecule has 0 radical (unpaired) electrons. The highest BCUT2D eigenvalue weighted by Crippen LogP contribution is 2.26. The molecule has 27 heavy (non-hydrogen) atoms. The third-order valence-electron chi connectivity index (χ3n) is 5.27. The molecule has 0 N–H and O–H groups in total. The first-order valence-electron chi connectivity index (χ1n) is 9.71. The highest BCUT2D eigenvalue weighted by Gasteiger charge is 2.18. The standard InChI is InChI=1S/C22H24ClN3O/c23-18-11-9-17(10-12-18)22-24-19-7-3-4-8-20(19)26(22)16-13-21(27)25-14-5-1-2-6-15-25/h3-4,7-12H,1-2,5-6,13-16H2.